The van der Waals surface area contributed by atoms with E-state index < -0.39 is 0 Å². The van der Waals surface area contributed by atoms with Crippen molar-refractivity contribution in [2.45, 2.75) is 23.7 Å². The van der Waals surface area contributed by atoms with Crippen LogP contribution in [0.3, 0.4) is 0 Å². The van der Waals surface area contributed by atoms with Crippen LogP contribution in [0.25, 0.3) is 24.3 Å². The molecule has 4 unspecified atom stereocenters. The minimum Gasteiger partial charge on any atom is -0.0619 e. The number of rotatable bonds is 0. The Bertz CT molecular complexity index is 1490. The fraction of sp³-hybridized carbons (Fsp3) is 0.111. The van der Waals surface area contributed by atoms with Gasteiger partial charge < -0.3 is 0 Å². The molecule has 168 valence electrons. The van der Waals surface area contributed by atoms with Gasteiger partial charge in [0, 0.05) is 23.7 Å². The van der Waals surface area contributed by atoms with Crippen LogP contribution in [0.15, 0.2) is 119 Å². The molecule has 0 aromatic heterocycles. The fourth-order valence-electron chi connectivity index (χ4n) is 7.89. The van der Waals surface area contributed by atoms with Gasteiger partial charge in [-0.15, -0.1) is 0 Å². The number of fused-ring (bicyclic) bond motifs is 16. The Morgan fingerprint density at radius 1 is 0.278 bits per heavy atom. The number of allylic oxidation sites excluding steroid dienone is 4. The zero-order valence-corrected chi connectivity index (χ0v) is 19.9. The van der Waals surface area contributed by atoms with Crippen LogP contribution in [-0.4, -0.2) is 0 Å². The average Bonchev–Trinajstić information content (AvgIpc) is 3.66. The highest BCUT2D eigenvalue weighted by Crippen LogP contribution is 2.66. The van der Waals surface area contributed by atoms with Gasteiger partial charge in [0.2, 0.25) is 0 Å². The molecule has 0 nitrogen and oxygen atoms in total. The summed E-state index contributed by atoms with van der Waals surface area (Å²) in [5, 5.41) is 0. The monoisotopic (exact) mass is 456 g/mol. The molecule has 9 rings (SSSR count). The molecule has 0 N–H and O–H groups in total. The van der Waals surface area contributed by atoms with Gasteiger partial charge in [0.25, 0.3) is 0 Å². The van der Waals surface area contributed by atoms with Crippen molar-refractivity contribution in [3.8, 4) is 0 Å². The van der Waals surface area contributed by atoms with Crippen LogP contribution in [0.4, 0.5) is 0 Å². The fourth-order valence-corrected chi connectivity index (χ4v) is 7.89. The van der Waals surface area contributed by atoms with E-state index in [1.54, 1.807) is 0 Å². The highest BCUT2D eigenvalue weighted by Gasteiger charge is 2.50. The zero-order valence-electron chi connectivity index (χ0n) is 19.9. The van der Waals surface area contributed by atoms with Crippen molar-refractivity contribution in [2.24, 2.45) is 0 Å². The molecule has 5 aliphatic rings. The third kappa shape index (κ3) is 2.30. The van der Waals surface area contributed by atoms with Gasteiger partial charge in [0.15, 0.2) is 0 Å². The molecule has 0 saturated heterocycles. The molecule has 0 spiro atoms. The second kappa shape index (κ2) is 6.74. The van der Waals surface area contributed by atoms with Crippen molar-refractivity contribution in [1.82, 2.24) is 0 Å². The molecule has 5 aliphatic carbocycles. The molecule has 0 bridgehead atoms. The largest absolute Gasteiger partial charge is 0.0619 e. The van der Waals surface area contributed by atoms with Crippen molar-refractivity contribution in [3.63, 3.8) is 0 Å². The van der Waals surface area contributed by atoms with Crippen molar-refractivity contribution in [1.29, 1.82) is 0 Å². The smallest absolute Gasteiger partial charge is 0.0208 e. The molecule has 0 heteroatoms. The Kier molecular flexibility index (Phi) is 3.57. The first-order chi connectivity index (χ1) is 17.9. The SMILES string of the molecule is C1=C2C3=Cc4ccccc4C3C3C(=Cc4ccccc43)C3=Cc4ccccc4C3C2c2ccccc21. The average molecular weight is 457 g/mol. The first kappa shape index (κ1) is 19.1. The maximum Gasteiger partial charge on any atom is 0.0208 e. The summed E-state index contributed by atoms with van der Waals surface area (Å²) in [6.45, 7) is 0. The molecule has 36 heavy (non-hydrogen) atoms. The van der Waals surface area contributed by atoms with E-state index in [4.69, 9.17) is 0 Å². The van der Waals surface area contributed by atoms with Crippen LogP contribution in [-0.2, 0) is 0 Å². The predicted molar refractivity (Wildman–Crippen MR) is 149 cm³/mol. The van der Waals surface area contributed by atoms with Gasteiger partial charge in [-0.3, -0.25) is 0 Å². The Balaban J connectivity index is 1.39. The Morgan fingerprint density at radius 3 is 0.750 bits per heavy atom. The second-order valence-electron chi connectivity index (χ2n) is 10.8. The van der Waals surface area contributed by atoms with Crippen LogP contribution < -0.4 is 0 Å². The van der Waals surface area contributed by atoms with Gasteiger partial charge >= 0.3 is 0 Å². The van der Waals surface area contributed by atoms with E-state index >= 15 is 0 Å². The van der Waals surface area contributed by atoms with E-state index in [-0.39, 0.29) is 0 Å². The molecule has 0 amide bonds. The third-order valence-electron chi connectivity index (χ3n) is 9.24. The summed E-state index contributed by atoms with van der Waals surface area (Å²) < 4.78 is 0. The lowest BCUT2D eigenvalue weighted by atomic mass is 9.64. The van der Waals surface area contributed by atoms with E-state index in [2.05, 4.69) is 121 Å². The number of benzene rings is 4. The van der Waals surface area contributed by atoms with Gasteiger partial charge in [0.1, 0.15) is 0 Å². The van der Waals surface area contributed by atoms with Crippen LogP contribution in [0.2, 0.25) is 0 Å². The summed E-state index contributed by atoms with van der Waals surface area (Å²) in [4.78, 5) is 0. The van der Waals surface area contributed by atoms with E-state index in [0.29, 0.717) is 23.7 Å². The van der Waals surface area contributed by atoms with Crippen LogP contribution in [0, 0.1) is 0 Å². The van der Waals surface area contributed by atoms with Gasteiger partial charge in [0.05, 0.1) is 0 Å². The molecule has 0 radical (unpaired) electrons. The highest BCUT2D eigenvalue weighted by molar-refractivity contribution is 5.88. The van der Waals surface area contributed by atoms with Crippen molar-refractivity contribution in [2.75, 3.05) is 0 Å². The third-order valence-corrected chi connectivity index (χ3v) is 9.24. The molecule has 4 atom stereocenters. The van der Waals surface area contributed by atoms with Crippen LogP contribution in [0.5, 0.6) is 0 Å². The molecule has 0 heterocycles. The molecular formula is C36H24. The Labute approximate surface area is 211 Å². The summed E-state index contributed by atoms with van der Waals surface area (Å²) >= 11 is 0. The predicted octanol–water partition coefficient (Wildman–Crippen LogP) is 8.72. The minimum absolute atomic E-state index is 0.338. The number of hydrogen-bond donors (Lipinski definition) is 0. The molecule has 4 aromatic rings. The van der Waals surface area contributed by atoms with Crippen molar-refractivity contribution in [3.05, 3.63) is 164 Å². The Morgan fingerprint density at radius 2 is 0.500 bits per heavy atom. The molecule has 0 aliphatic heterocycles. The van der Waals surface area contributed by atoms with E-state index in [1.165, 1.54) is 66.8 Å². The first-order valence-corrected chi connectivity index (χ1v) is 13.1. The molecular weight excluding hydrogens is 432 g/mol. The van der Waals surface area contributed by atoms with E-state index in [9.17, 15) is 0 Å². The van der Waals surface area contributed by atoms with Gasteiger partial charge in [-0.1, -0.05) is 121 Å². The van der Waals surface area contributed by atoms with Gasteiger partial charge in [-0.25, -0.2) is 0 Å². The van der Waals surface area contributed by atoms with E-state index in [0.717, 1.165) is 0 Å². The standard InChI is InChI=1S/C36H24/c1-5-13-25-21(9-1)17-29-30-18-22-10-3-7-15-27(22)35(30)36-28-16-8-4-12-24(28)20-32(36)31-19-23-11-2-6-14-26(23)34(31)33(25)29/h1-20,33-36H. The van der Waals surface area contributed by atoms with Crippen molar-refractivity contribution >= 4 is 24.3 Å². The molecule has 4 aromatic carbocycles. The summed E-state index contributed by atoms with van der Waals surface area (Å²) in [5.41, 5.74) is 17.5. The quantitative estimate of drug-likeness (QED) is 0.232. The summed E-state index contributed by atoms with van der Waals surface area (Å²) in [6.07, 6.45) is 10.1. The second-order valence-corrected chi connectivity index (χ2v) is 10.8. The summed E-state index contributed by atoms with van der Waals surface area (Å²) in [5.74, 6) is 1.35. The van der Waals surface area contributed by atoms with Crippen molar-refractivity contribution < 1.29 is 0 Å². The van der Waals surface area contributed by atoms with Crippen LogP contribution in [0.1, 0.15) is 68.2 Å². The molecule has 1 fully saturated rings. The van der Waals surface area contributed by atoms with E-state index in [1.807, 2.05) is 0 Å². The summed E-state index contributed by atoms with van der Waals surface area (Å²) in [7, 11) is 0. The molecule has 1 saturated carbocycles. The number of hydrogen-bond acceptors (Lipinski definition) is 0. The normalized spacial score (nSPS) is 25.3. The van der Waals surface area contributed by atoms with Crippen LogP contribution >= 0.6 is 0 Å². The zero-order chi connectivity index (χ0) is 23.4. The van der Waals surface area contributed by atoms with Gasteiger partial charge in [-0.2, -0.15) is 0 Å². The highest BCUT2D eigenvalue weighted by atomic mass is 14.5. The van der Waals surface area contributed by atoms with Gasteiger partial charge in [-0.05, 0) is 66.8 Å². The summed E-state index contributed by atoms with van der Waals surface area (Å²) in [6, 6.07) is 36.4. The minimum atomic E-state index is 0.338. The Hall–Kier alpha value is -4.16. The first-order valence-electron chi connectivity index (χ1n) is 13.1. The maximum absolute atomic E-state index is 2.51. The maximum atomic E-state index is 2.51. The topological polar surface area (TPSA) is 0 Å². The lowest BCUT2D eigenvalue weighted by Crippen LogP contribution is -2.23. The lowest BCUT2D eigenvalue weighted by molar-refractivity contribution is 0.615. The lowest BCUT2D eigenvalue weighted by Gasteiger charge is -2.38.